The van der Waals surface area contributed by atoms with Crippen molar-refractivity contribution in [1.29, 1.82) is 0 Å². The Bertz CT molecular complexity index is 1270. The lowest BCUT2D eigenvalue weighted by molar-refractivity contribution is 0.225. The summed E-state index contributed by atoms with van der Waals surface area (Å²) in [6, 6.07) is 27.7. The van der Waals surface area contributed by atoms with E-state index in [9.17, 15) is 5.11 Å². The maximum atomic E-state index is 11.2. The van der Waals surface area contributed by atoms with E-state index in [1.54, 1.807) is 6.07 Å². The van der Waals surface area contributed by atoms with E-state index in [0.29, 0.717) is 45.0 Å². The van der Waals surface area contributed by atoms with Gasteiger partial charge in [0.1, 0.15) is 5.75 Å². The second-order valence-corrected chi connectivity index (χ2v) is 9.93. The van der Waals surface area contributed by atoms with Crippen LogP contribution in [0.3, 0.4) is 0 Å². The van der Waals surface area contributed by atoms with Crippen molar-refractivity contribution in [2.45, 2.75) is 46.2 Å². The highest BCUT2D eigenvalue weighted by Crippen LogP contribution is 2.29. The summed E-state index contributed by atoms with van der Waals surface area (Å²) in [4.78, 5) is 22.9. The second-order valence-electron chi connectivity index (χ2n) is 9.93. The van der Waals surface area contributed by atoms with Crippen LogP contribution >= 0.6 is 0 Å². The summed E-state index contributed by atoms with van der Waals surface area (Å²) in [7, 11) is 0. The molecule has 0 fully saturated rings. The van der Waals surface area contributed by atoms with Gasteiger partial charge in [-0.2, -0.15) is 0 Å². The molecule has 4 aromatic heterocycles. The van der Waals surface area contributed by atoms with Crippen LogP contribution in [0.1, 0.15) is 39.5 Å². The standard InChI is InChI=1S/C33H34N6O/c1-26-14-15-33(40)32(25-39(22-29-12-4-8-18-36-29)23-30-13-5-9-19-37-30)31(26)24-38(20-27-10-2-6-16-34-27)21-28-11-3-7-17-35-28/h2-19,40H,20-25H2,1H3. The zero-order valence-electron chi connectivity index (χ0n) is 22.8. The molecule has 40 heavy (non-hydrogen) atoms. The average molecular weight is 531 g/mol. The normalized spacial score (nSPS) is 11.3. The monoisotopic (exact) mass is 530 g/mol. The van der Waals surface area contributed by atoms with Gasteiger partial charge in [0, 0.05) is 69.6 Å². The van der Waals surface area contributed by atoms with Gasteiger partial charge in [-0.1, -0.05) is 30.3 Å². The molecular formula is C33H34N6O. The molecule has 0 aliphatic heterocycles. The van der Waals surface area contributed by atoms with Gasteiger partial charge in [-0.15, -0.1) is 0 Å². The number of aryl methyl sites for hydroxylation is 1. The van der Waals surface area contributed by atoms with Crippen molar-refractivity contribution in [2.75, 3.05) is 0 Å². The van der Waals surface area contributed by atoms with Crippen LogP contribution in [-0.2, 0) is 39.3 Å². The largest absolute Gasteiger partial charge is 0.508 e. The number of pyridine rings is 4. The first kappa shape index (κ1) is 27.1. The van der Waals surface area contributed by atoms with E-state index in [4.69, 9.17) is 0 Å². The van der Waals surface area contributed by atoms with Gasteiger partial charge in [-0.05, 0) is 72.6 Å². The summed E-state index contributed by atoms with van der Waals surface area (Å²) in [6.07, 6.45) is 7.28. The minimum absolute atomic E-state index is 0.295. The molecule has 0 spiro atoms. The quantitative estimate of drug-likeness (QED) is 0.222. The maximum Gasteiger partial charge on any atom is 0.120 e. The van der Waals surface area contributed by atoms with Gasteiger partial charge in [0.15, 0.2) is 0 Å². The zero-order chi connectivity index (χ0) is 27.6. The molecule has 0 unspecified atom stereocenters. The number of rotatable bonds is 12. The predicted octanol–water partition coefficient (Wildman–Crippen LogP) is 5.69. The lowest BCUT2D eigenvalue weighted by atomic mass is 9.99. The number of nitrogens with zero attached hydrogens (tertiary/aromatic N) is 6. The van der Waals surface area contributed by atoms with Gasteiger partial charge in [-0.25, -0.2) is 0 Å². The van der Waals surface area contributed by atoms with Crippen LogP contribution in [0.5, 0.6) is 5.75 Å². The topological polar surface area (TPSA) is 78.3 Å². The van der Waals surface area contributed by atoms with Crippen LogP contribution in [0.15, 0.2) is 110 Å². The predicted molar refractivity (Wildman–Crippen MR) is 156 cm³/mol. The summed E-state index contributed by atoms with van der Waals surface area (Å²) in [6.45, 7) is 5.90. The molecule has 7 nitrogen and oxygen atoms in total. The van der Waals surface area contributed by atoms with Crippen molar-refractivity contribution in [3.8, 4) is 5.75 Å². The Hall–Kier alpha value is -4.46. The molecule has 0 atom stereocenters. The minimum Gasteiger partial charge on any atom is -0.508 e. The first-order valence-electron chi connectivity index (χ1n) is 13.5. The molecule has 0 saturated carbocycles. The molecule has 202 valence electrons. The Balaban J connectivity index is 1.46. The molecule has 7 heteroatoms. The third-order valence-corrected chi connectivity index (χ3v) is 6.85. The molecule has 0 radical (unpaired) electrons. The van der Waals surface area contributed by atoms with Gasteiger partial charge >= 0.3 is 0 Å². The fourth-order valence-corrected chi connectivity index (χ4v) is 4.86. The van der Waals surface area contributed by atoms with E-state index in [2.05, 4.69) is 36.7 Å². The van der Waals surface area contributed by atoms with Crippen molar-refractivity contribution >= 4 is 0 Å². The van der Waals surface area contributed by atoms with Gasteiger partial charge in [-0.3, -0.25) is 29.7 Å². The second kappa shape index (κ2) is 13.6. The highest BCUT2D eigenvalue weighted by Gasteiger charge is 2.20. The van der Waals surface area contributed by atoms with E-state index in [0.717, 1.165) is 39.5 Å². The number of benzene rings is 1. The molecule has 0 aliphatic carbocycles. The number of aromatic nitrogens is 4. The lowest BCUT2D eigenvalue weighted by Crippen LogP contribution is -2.27. The van der Waals surface area contributed by atoms with Gasteiger partial charge < -0.3 is 5.11 Å². The van der Waals surface area contributed by atoms with Crippen molar-refractivity contribution in [2.24, 2.45) is 0 Å². The molecule has 1 N–H and O–H groups in total. The Morgan fingerprint density at radius 3 is 1.20 bits per heavy atom. The molecule has 0 aliphatic rings. The molecule has 0 amide bonds. The molecule has 5 aromatic rings. The Labute approximate surface area is 235 Å². The summed E-state index contributed by atoms with van der Waals surface area (Å²) < 4.78 is 0. The Morgan fingerprint density at radius 1 is 0.475 bits per heavy atom. The van der Waals surface area contributed by atoms with E-state index in [1.807, 2.05) is 104 Å². The van der Waals surface area contributed by atoms with Crippen LogP contribution in [-0.4, -0.2) is 34.8 Å². The van der Waals surface area contributed by atoms with Gasteiger partial charge in [0.05, 0.1) is 22.8 Å². The Morgan fingerprint density at radius 2 is 0.850 bits per heavy atom. The molecule has 0 bridgehead atoms. The van der Waals surface area contributed by atoms with E-state index in [-0.39, 0.29) is 0 Å². The fourth-order valence-electron chi connectivity index (χ4n) is 4.86. The van der Waals surface area contributed by atoms with Crippen molar-refractivity contribution in [1.82, 2.24) is 29.7 Å². The van der Waals surface area contributed by atoms with E-state index in [1.165, 1.54) is 0 Å². The Kier molecular flexibility index (Phi) is 9.19. The van der Waals surface area contributed by atoms with Crippen LogP contribution in [0.25, 0.3) is 0 Å². The van der Waals surface area contributed by atoms with Crippen molar-refractivity contribution in [3.63, 3.8) is 0 Å². The SMILES string of the molecule is Cc1ccc(O)c(CN(Cc2ccccn2)Cc2ccccn2)c1CN(Cc1ccccn1)Cc1ccccn1. The number of phenolic OH excluding ortho intramolecular Hbond substituents is 1. The molecule has 0 saturated heterocycles. The third kappa shape index (κ3) is 7.56. The van der Waals surface area contributed by atoms with Crippen LogP contribution < -0.4 is 0 Å². The number of aromatic hydroxyl groups is 1. The highest BCUT2D eigenvalue weighted by molar-refractivity contribution is 5.44. The minimum atomic E-state index is 0.295. The molecular weight excluding hydrogens is 496 g/mol. The first-order valence-corrected chi connectivity index (χ1v) is 13.5. The van der Waals surface area contributed by atoms with Crippen molar-refractivity contribution in [3.05, 3.63) is 149 Å². The fraction of sp³-hybridized carbons (Fsp3) is 0.212. The van der Waals surface area contributed by atoms with Crippen LogP contribution in [0, 0.1) is 6.92 Å². The zero-order valence-corrected chi connectivity index (χ0v) is 22.8. The molecule has 1 aromatic carbocycles. The number of hydrogen-bond acceptors (Lipinski definition) is 7. The van der Waals surface area contributed by atoms with Crippen LogP contribution in [0.4, 0.5) is 0 Å². The summed E-state index contributed by atoms with van der Waals surface area (Å²) >= 11 is 0. The lowest BCUT2D eigenvalue weighted by Gasteiger charge is -2.28. The average Bonchev–Trinajstić information content (AvgIpc) is 2.99. The number of hydrogen-bond donors (Lipinski definition) is 1. The summed E-state index contributed by atoms with van der Waals surface area (Å²) in [5.74, 6) is 0.295. The van der Waals surface area contributed by atoms with Crippen molar-refractivity contribution < 1.29 is 5.11 Å². The highest BCUT2D eigenvalue weighted by atomic mass is 16.3. The van der Waals surface area contributed by atoms with Gasteiger partial charge in [0.25, 0.3) is 0 Å². The molecule has 5 rings (SSSR count). The van der Waals surface area contributed by atoms with E-state index < -0.39 is 0 Å². The summed E-state index contributed by atoms with van der Waals surface area (Å²) in [5, 5.41) is 11.2. The first-order chi connectivity index (χ1) is 19.6. The summed E-state index contributed by atoms with van der Waals surface area (Å²) in [5.41, 5.74) is 7.08. The smallest absolute Gasteiger partial charge is 0.120 e. The number of phenols is 1. The maximum absolute atomic E-state index is 11.2. The van der Waals surface area contributed by atoms with Gasteiger partial charge in [0.2, 0.25) is 0 Å². The third-order valence-electron chi connectivity index (χ3n) is 6.85. The molecule has 4 heterocycles. The van der Waals surface area contributed by atoms with E-state index >= 15 is 0 Å². The van der Waals surface area contributed by atoms with Crippen LogP contribution in [0.2, 0.25) is 0 Å².